The molecule has 0 radical (unpaired) electrons. The highest BCUT2D eigenvalue weighted by molar-refractivity contribution is 7.90. The number of carbonyl (C=O) groups excluding carboxylic acids is 1. The fourth-order valence-electron chi connectivity index (χ4n) is 4.26. The Morgan fingerprint density at radius 3 is 2.58 bits per heavy atom. The average Bonchev–Trinajstić information content (AvgIpc) is 3.41. The lowest BCUT2D eigenvalue weighted by Crippen LogP contribution is -2.35. The van der Waals surface area contributed by atoms with Gasteiger partial charge in [-0.3, -0.25) is 9.78 Å². The summed E-state index contributed by atoms with van der Waals surface area (Å²) < 4.78 is 25.3. The minimum Gasteiger partial charge on any atom is -0.331 e. The third kappa shape index (κ3) is 3.52. The van der Waals surface area contributed by atoms with E-state index < -0.39 is 9.84 Å². The number of amides is 1. The molecule has 0 saturated heterocycles. The van der Waals surface area contributed by atoms with Crippen molar-refractivity contribution in [1.82, 2.24) is 25.1 Å². The molecule has 1 fully saturated rings. The highest BCUT2D eigenvalue weighted by Crippen LogP contribution is 2.40. The van der Waals surface area contributed by atoms with Crippen LogP contribution in [0.1, 0.15) is 41.5 Å². The molecule has 0 bridgehead atoms. The van der Waals surface area contributed by atoms with E-state index in [0.717, 1.165) is 35.8 Å². The van der Waals surface area contributed by atoms with Crippen LogP contribution in [0.25, 0.3) is 22.6 Å². The summed E-state index contributed by atoms with van der Waals surface area (Å²) in [6.07, 6.45) is 5.04. The number of sulfone groups is 1. The van der Waals surface area contributed by atoms with Crippen molar-refractivity contribution in [3.05, 3.63) is 47.4 Å². The van der Waals surface area contributed by atoms with Crippen LogP contribution in [-0.4, -0.2) is 51.7 Å². The Kier molecular flexibility index (Phi) is 4.47. The predicted octanol–water partition coefficient (Wildman–Crippen LogP) is 3.00. The topological polar surface area (TPSA) is 109 Å². The quantitative estimate of drug-likeness (QED) is 0.657. The summed E-state index contributed by atoms with van der Waals surface area (Å²) in [7, 11) is -3.60. The Labute approximate surface area is 180 Å². The summed E-state index contributed by atoms with van der Waals surface area (Å²) in [4.78, 5) is 22.5. The standard InChI is InChI=1S/C22H23N5O3S/c1-12(14-4-5-14)27-11-17-8-16(10-19(31(3,29)30)20(17)22(27)28)15-6-7-23-18(9-15)21-24-13(2)25-26-21/h6-10,12,14H,4-5,11H2,1-3H3,(H,24,25,26). The lowest BCUT2D eigenvalue weighted by molar-refractivity contribution is 0.0694. The van der Waals surface area contributed by atoms with Crippen LogP contribution in [0, 0.1) is 12.8 Å². The van der Waals surface area contributed by atoms with E-state index in [2.05, 4.69) is 27.1 Å². The van der Waals surface area contributed by atoms with Gasteiger partial charge >= 0.3 is 0 Å². The van der Waals surface area contributed by atoms with E-state index in [-0.39, 0.29) is 16.8 Å². The maximum absolute atomic E-state index is 13.2. The number of aromatic amines is 1. The van der Waals surface area contributed by atoms with Crippen LogP contribution in [0.15, 0.2) is 35.4 Å². The molecule has 2 aromatic heterocycles. The van der Waals surface area contributed by atoms with E-state index in [1.165, 1.54) is 0 Å². The SMILES string of the molecule is Cc1nnc(-c2cc(-c3cc4c(c(S(C)(=O)=O)c3)C(=O)N(C(C)C3CC3)C4)ccn2)[nH]1. The Morgan fingerprint density at radius 2 is 1.94 bits per heavy atom. The first kappa shape index (κ1) is 19.9. The van der Waals surface area contributed by atoms with Crippen molar-refractivity contribution in [3.8, 4) is 22.6 Å². The minimum absolute atomic E-state index is 0.0874. The van der Waals surface area contributed by atoms with Gasteiger partial charge in [-0.2, -0.15) is 0 Å². The molecule has 1 atom stereocenters. The molecule has 1 aliphatic heterocycles. The van der Waals surface area contributed by atoms with Gasteiger partial charge in [-0.1, -0.05) is 0 Å². The molecular formula is C22H23N5O3S. The van der Waals surface area contributed by atoms with Gasteiger partial charge in [-0.05, 0) is 73.6 Å². The van der Waals surface area contributed by atoms with Gasteiger partial charge in [0.25, 0.3) is 5.91 Å². The summed E-state index contributed by atoms with van der Waals surface area (Å²) in [5.74, 6) is 1.55. The van der Waals surface area contributed by atoms with Crippen molar-refractivity contribution in [2.24, 2.45) is 5.92 Å². The first-order chi connectivity index (χ1) is 14.7. The number of hydrogen-bond acceptors (Lipinski definition) is 6. The number of carbonyl (C=O) groups is 1. The second kappa shape index (κ2) is 6.98. The van der Waals surface area contributed by atoms with Crippen LogP contribution in [0.4, 0.5) is 0 Å². The Hall–Kier alpha value is -3.07. The van der Waals surface area contributed by atoms with E-state index in [1.807, 2.05) is 30.0 Å². The highest BCUT2D eigenvalue weighted by atomic mass is 32.2. The minimum atomic E-state index is -3.60. The van der Waals surface area contributed by atoms with E-state index in [1.54, 1.807) is 12.3 Å². The van der Waals surface area contributed by atoms with Crippen LogP contribution in [0.5, 0.6) is 0 Å². The van der Waals surface area contributed by atoms with Crippen LogP contribution in [-0.2, 0) is 16.4 Å². The van der Waals surface area contributed by atoms with Crippen molar-refractivity contribution >= 4 is 15.7 Å². The first-order valence-corrected chi connectivity index (χ1v) is 12.2. The number of rotatable bonds is 5. The van der Waals surface area contributed by atoms with E-state index in [9.17, 15) is 13.2 Å². The van der Waals surface area contributed by atoms with Crippen molar-refractivity contribution in [2.45, 2.75) is 44.2 Å². The maximum Gasteiger partial charge on any atom is 0.256 e. The van der Waals surface area contributed by atoms with Crippen molar-refractivity contribution in [3.63, 3.8) is 0 Å². The summed E-state index contributed by atoms with van der Waals surface area (Å²) >= 11 is 0. The van der Waals surface area contributed by atoms with Crippen molar-refractivity contribution in [2.75, 3.05) is 6.26 Å². The molecule has 8 nitrogen and oxygen atoms in total. The summed E-state index contributed by atoms with van der Waals surface area (Å²) in [6.45, 7) is 4.29. The number of pyridine rings is 1. The molecule has 3 heterocycles. The van der Waals surface area contributed by atoms with Crippen molar-refractivity contribution in [1.29, 1.82) is 0 Å². The molecule has 9 heteroatoms. The fourth-order valence-corrected chi connectivity index (χ4v) is 5.19. The van der Waals surface area contributed by atoms with Crippen LogP contribution in [0.2, 0.25) is 0 Å². The predicted molar refractivity (Wildman–Crippen MR) is 115 cm³/mol. The van der Waals surface area contributed by atoms with E-state index >= 15 is 0 Å². The van der Waals surface area contributed by atoms with Gasteiger partial charge in [0.1, 0.15) is 11.5 Å². The third-order valence-corrected chi connectivity index (χ3v) is 7.25. The first-order valence-electron chi connectivity index (χ1n) is 10.3. The molecule has 1 N–H and O–H groups in total. The van der Waals surface area contributed by atoms with E-state index in [0.29, 0.717) is 35.4 Å². The zero-order chi connectivity index (χ0) is 21.9. The van der Waals surface area contributed by atoms with Gasteiger partial charge in [0.05, 0.1) is 10.5 Å². The molecule has 160 valence electrons. The number of fused-ring (bicyclic) bond motifs is 1. The molecule has 1 aliphatic carbocycles. The Morgan fingerprint density at radius 1 is 1.16 bits per heavy atom. The lowest BCUT2D eigenvalue weighted by Gasteiger charge is -2.24. The largest absolute Gasteiger partial charge is 0.331 e. The van der Waals surface area contributed by atoms with Gasteiger partial charge in [0, 0.05) is 25.0 Å². The normalized spacial score (nSPS) is 17.1. The fraction of sp³-hybridized carbons (Fsp3) is 0.364. The monoisotopic (exact) mass is 437 g/mol. The Bertz CT molecular complexity index is 1310. The number of benzene rings is 1. The molecule has 5 rings (SSSR count). The molecule has 0 spiro atoms. The molecule has 2 aliphatic rings. The zero-order valence-corrected chi connectivity index (χ0v) is 18.4. The van der Waals surface area contributed by atoms with Crippen LogP contribution < -0.4 is 0 Å². The van der Waals surface area contributed by atoms with Gasteiger partial charge in [0.15, 0.2) is 15.7 Å². The molecular weight excluding hydrogens is 414 g/mol. The second-order valence-corrected chi connectivity index (χ2v) is 10.5. The van der Waals surface area contributed by atoms with Crippen LogP contribution >= 0.6 is 0 Å². The number of nitrogens with zero attached hydrogens (tertiary/aromatic N) is 4. The number of hydrogen-bond donors (Lipinski definition) is 1. The molecule has 1 unspecified atom stereocenters. The average molecular weight is 438 g/mol. The van der Waals surface area contributed by atoms with Gasteiger partial charge in [-0.15, -0.1) is 10.2 Å². The lowest BCUT2D eigenvalue weighted by atomic mass is 10.0. The number of aryl methyl sites for hydroxylation is 1. The number of H-pyrrole nitrogens is 1. The molecule has 1 saturated carbocycles. The van der Waals surface area contributed by atoms with Crippen LogP contribution in [0.3, 0.4) is 0 Å². The second-order valence-electron chi connectivity index (χ2n) is 8.48. The molecule has 31 heavy (non-hydrogen) atoms. The van der Waals surface area contributed by atoms with Gasteiger partial charge < -0.3 is 9.88 Å². The van der Waals surface area contributed by atoms with E-state index in [4.69, 9.17) is 0 Å². The Balaban J connectivity index is 1.61. The highest BCUT2D eigenvalue weighted by Gasteiger charge is 2.40. The maximum atomic E-state index is 13.2. The summed E-state index contributed by atoms with van der Waals surface area (Å²) in [6, 6.07) is 7.30. The molecule has 3 aromatic rings. The zero-order valence-electron chi connectivity index (χ0n) is 17.6. The molecule has 1 aromatic carbocycles. The van der Waals surface area contributed by atoms with Gasteiger partial charge in [-0.25, -0.2) is 8.42 Å². The number of nitrogens with one attached hydrogen (secondary N) is 1. The summed E-state index contributed by atoms with van der Waals surface area (Å²) in [5.41, 5.74) is 3.21. The molecule has 1 amide bonds. The van der Waals surface area contributed by atoms with Gasteiger partial charge in [0.2, 0.25) is 0 Å². The smallest absolute Gasteiger partial charge is 0.256 e. The number of aromatic nitrogens is 4. The van der Waals surface area contributed by atoms with Crippen molar-refractivity contribution < 1.29 is 13.2 Å². The summed E-state index contributed by atoms with van der Waals surface area (Å²) in [5, 5.41) is 8.06. The third-order valence-electron chi connectivity index (χ3n) is 6.13.